The minimum absolute atomic E-state index is 0.0304. The van der Waals surface area contributed by atoms with Crippen molar-refractivity contribution in [2.24, 2.45) is 0 Å². The van der Waals surface area contributed by atoms with Crippen molar-refractivity contribution in [3.05, 3.63) is 30.1 Å². The Morgan fingerprint density at radius 3 is 2.89 bits per heavy atom. The van der Waals surface area contributed by atoms with Crippen LogP contribution in [0.4, 0.5) is 0 Å². The van der Waals surface area contributed by atoms with Gasteiger partial charge in [0.05, 0.1) is 11.3 Å². The van der Waals surface area contributed by atoms with Crippen molar-refractivity contribution < 1.29 is 4.79 Å². The summed E-state index contributed by atoms with van der Waals surface area (Å²) in [4.78, 5) is 20.2. The van der Waals surface area contributed by atoms with Gasteiger partial charge in [0.1, 0.15) is 10.9 Å². The third-order valence-electron chi connectivity index (χ3n) is 2.39. The lowest BCUT2D eigenvalue weighted by Crippen LogP contribution is -2.24. The first kappa shape index (κ1) is 12.8. The molecule has 1 aromatic heterocycles. The molecule has 2 rings (SSSR count). The maximum Gasteiger partial charge on any atom is 0.230 e. The van der Waals surface area contributed by atoms with E-state index in [0.717, 1.165) is 21.8 Å². The van der Waals surface area contributed by atoms with Gasteiger partial charge in [-0.1, -0.05) is 30.0 Å². The predicted octanol–water partition coefficient (Wildman–Crippen LogP) is 2.17. The van der Waals surface area contributed by atoms with Crippen molar-refractivity contribution in [2.75, 3.05) is 12.3 Å². The molecular weight excluding hydrogens is 246 g/mol. The van der Waals surface area contributed by atoms with Gasteiger partial charge in [0.15, 0.2) is 0 Å². The number of nitrogens with one attached hydrogen (secondary N) is 1. The zero-order valence-electron chi connectivity index (χ0n) is 10.4. The lowest BCUT2D eigenvalue weighted by Gasteiger charge is -2.06. The second-order valence-electron chi connectivity index (χ2n) is 3.84. The smallest absolute Gasteiger partial charge is 0.230 e. The highest BCUT2D eigenvalue weighted by molar-refractivity contribution is 8.00. The van der Waals surface area contributed by atoms with E-state index in [-0.39, 0.29) is 5.91 Å². The Morgan fingerprint density at radius 1 is 1.33 bits per heavy atom. The highest BCUT2D eigenvalue weighted by Crippen LogP contribution is 2.24. The Morgan fingerprint density at radius 2 is 2.11 bits per heavy atom. The van der Waals surface area contributed by atoms with E-state index >= 15 is 0 Å². The van der Waals surface area contributed by atoms with Gasteiger partial charge in [-0.15, -0.1) is 0 Å². The SMILES string of the molecule is CCNC(=O)CSc1nc(C)nc2ccccc12. The number of rotatable bonds is 4. The Balaban J connectivity index is 2.24. The van der Waals surface area contributed by atoms with E-state index in [0.29, 0.717) is 12.3 Å². The molecule has 1 amide bonds. The standard InChI is InChI=1S/C13H15N3OS/c1-3-14-12(17)8-18-13-10-6-4-5-7-11(10)15-9(2)16-13/h4-7H,3,8H2,1-2H3,(H,14,17). The quantitative estimate of drug-likeness (QED) is 0.677. The van der Waals surface area contributed by atoms with Gasteiger partial charge in [-0.2, -0.15) is 0 Å². The Bertz CT molecular complexity index is 571. The highest BCUT2D eigenvalue weighted by atomic mass is 32.2. The highest BCUT2D eigenvalue weighted by Gasteiger charge is 2.08. The molecule has 18 heavy (non-hydrogen) atoms. The summed E-state index contributed by atoms with van der Waals surface area (Å²) in [7, 11) is 0. The second kappa shape index (κ2) is 5.82. The lowest BCUT2D eigenvalue weighted by atomic mass is 10.2. The van der Waals surface area contributed by atoms with Gasteiger partial charge < -0.3 is 5.32 Å². The van der Waals surface area contributed by atoms with Crippen LogP contribution in [0.1, 0.15) is 12.7 Å². The molecule has 0 aliphatic rings. The summed E-state index contributed by atoms with van der Waals surface area (Å²) in [5.41, 5.74) is 0.920. The summed E-state index contributed by atoms with van der Waals surface area (Å²) in [5.74, 6) is 1.14. The van der Waals surface area contributed by atoms with Gasteiger partial charge >= 0.3 is 0 Å². The number of thioether (sulfide) groups is 1. The zero-order chi connectivity index (χ0) is 13.0. The summed E-state index contributed by atoms with van der Waals surface area (Å²) < 4.78 is 0. The van der Waals surface area contributed by atoms with Gasteiger partial charge in [-0.3, -0.25) is 4.79 Å². The molecule has 0 atom stereocenters. The van der Waals surface area contributed by atoms with Crippen molar-refractivity contribution in [1.82, 2.24) is 15.3 Å². The normalized spacial score (nSPS) is 10.6. The van der Waals surface area contributed by atoms with E-state index in [2.05, 4.69) is 15.3 Å². The van der Waals surface area contributed by atoms with Gasteiger partial charge in [-0.05, 0) is 19.9 Å². The van der Waals surface area contributed by atoms with Gasteiger partial charge in [0, 0.05) is 11.9 Å². The van der Waals surface area contributed by atoms with Crippen LogP contribution in [0.15, 0.2) is 29.3 Å². The molecule has 0 aliphatic carbocycles. The van der Waals surface area contributed by atoms with Crippen LogP contribution >= 0.6 is 11.8 Å². The van der Waals surface area contributed by atoms with Crippen LogP contribution in [0, 0.1) is 6.92 Å². The third-order valence-corrected chi connectivity index (χ3v) is 3.39. The van der Waals surface area contributed by atoms with E-state index in [9.17, 15) is 4.79 Å². The number of para-hydroxylation sites is 1. The first-order chi connectivity index (χ1) is 8.70. The first-order valence-corrected chi connectivity index (χ1v) is 6.82. The van der Waals surface area contributed by atoms with Crippen molar-refractivity contribution in [2.45, 2.75) is 18.9 Å². The molecule has 0 saturated heterocycles. The molecule has 0 saturated carbocycles. The summed E-state index contributed by atoms with van der Waals surface area (Å²) in [5, 5.41) is 4.64. The fourth-order valence-corrected chi connectivity index (χ4v) is 2.55. The van der Waals surface area contributed by atoms with Crippen LogP contribution in [0.3, 0.4) is 0 Å². The molecule has 0 aliphatic heterocycles. The maximum absolute atomic E-state index is 11.5. The number of hydrogen-bond donors (Lipinski definition) is 1. The average Bonchev–Trinajstić information content (AvgIpc) is 2.36. The molecule has 0 fully saturated rings. The van der Waals surface area contributed by atoms with E-state index in [4.69, 9.17) is 0 Å². The Labute approximate surface area is 110 Å². The van der Waals surface area contributed by atoms with Crippen LogP contribution in [0.2, 0.25) is 0 Å². The van der Waals surface area contributed by atoms with E-state index in [1.165, 1.54) is 11.8 Å². The Kier molecular flexibility index (Phi) is 4.15. The molecule has 1 N–H and O–H groups in total. The predicted molar refractivity (Wildman–Crippen MR) is 73.7 cm³/mol. The van der Waals surface area contributed by atoms with Crippen molar-refractivity contribution in [3.63, 3.8) is 0 Å². The number of carbonyl (C=O) groups excluding carboxylic acids is 1. The fraction of sp³-hybridized carbons (Fsp3) is 0.308. The maximum atomic E-state index is 11.5. The van der Waals surface area contributed by atoms with Crippen LogP contribution in [-0.4, -0.2) is 28.2 Å². The van der Waals surface area contributed by atoms with Gasteiger partial charge in [-0.25, -0.2) is 9.97 Å². The van der Waals surface area contributed by atoms with E-state index in [1.54, 1.807) is 0 Å². The molecule has 1 aromatic carbocycles. The van der Waals surface area contributed by atoms with Crippen molar-refractivity contribution in [3.8, 4) is 0 Å². The average molecular weight is 261 g/mol. The van der Waals surface area contributed by atoms with E-state index in [1.807, 2.05) is 38.1 Å². The topological polar surface area (TPSA) is 54.9 Å². The van der Waals surface area contributed by atoms with Gasteiger partial charge in [0.2, 0.25) is 5.91 Å². The number of nitrogens with zero attached hydrogens (tertiary/aromatic N) is 2. The zero-order valence-corrected chi connectivity index (χ0v) is 11.3. The second-order valence-corrected chi connectivity index (χ2v) is 4.80. The number of carbonyl (C=O) groups is 1. The summed E-state index contributed by atoms with van der Waals surface area (Å²) in [6.07, 6.45) is 0. The molecule has 5 heteroatoms. The minimum atomic E-state index is 0.0304. The lowest BCUT2D eigenvalue weighted by molar-refractivity contribution is -0.118. The van der Waals surface area contributed by atoms with Crippen molar-refractivity contribution in [1.29, 1.82) is 0 Å². The largest absolute Gasteiger partial charge is 0.356 e. The molecule has 4 nitrogen and oxygen atoms in total. The van der Waals surface area contributed by atoms with Crippen LogP contribution in [-0.2, 0) is 4.79 Å². The van der Waals surface area contributed by atoms with Gasteiger partial charge in [0.25, 0.3) is 0 Å². The molecule has 2 aromatic rings. The summed E-state index contributed by atoms with van der Waals surface area (Å²) >= 11 is 1.45. The van der Waals surface area contributed by atoms with Crippen LogP contribution in [0.25, 0.3) is 10.9 Å². The van der Waals surface area contributed by atoms with Crippen molar-refractivity contribution >= 4 is 28.6 Å². The molecule has 0 radical (unpaired) electrons. The number of aryl methyl sites for hydroxylation is 1. The number of benzene rings is 1. The number of amides is 1. The van der Waals surface area contributed by atoms with Crippen LogP contribution < -0.4 is 5.32 Å². The number of aromatic nitrogens is 2. The monoisotopic (exact) mass is 261 g/mol. The number of hydrogen-bond acceptors (Lipinski definition) is 4. The summed E-state index contributed by atoms with van der Waals surface area (Å²) in [6.45, 7) is 4.43. The van der Waals surface area contributed by atoms with E-state index < -0.39 is 0 Å². The molecular formula is C13H15N3OS. The first-order valence-electron chi connectivity index (χ1n) is 5.83. The molecule has 1 heterocycles. The number of fused-ring (bicyclic) bond motifs is 1. The molecule has 0 bridgehead atoms. The fourth-order valence-electron chi connectivity index (χ4n) is 1.65. The Hall–Kier alpha value is -1.62. The third kappa shape index (κ3) is 2.98. The molecule has 0 spiro atoms. The summed E-state index contributed by atoms with van der Waals surface area (Å²) in [6, 6.07) is 7.85. The molecule has 0 unspecified atom stereocenters. The molecule has 94 valence electrons. The minimum Gasteiger partial charge on any atom is -0.356 e. The van der Waals surface area contributed by atoms with Crippen LogP contribution in [0.5, 0.6) is 0 Å².